The molecule has 0 aliphatic rings. The Morgan fingerprint density at radius 1 is 1.33 bits per heavy atom. The minimum Gasteiger partial charge on any atom is -0.483 e. The van der Waals surface area contributed by atoms with Gasteiger partial charge in [0.25, 0.3) is 5.91 Å². The third-order valence-corrected chi connectivity index (χ3v) is 3.99. The summed E-state index contributed by atoms with van der Waals surface area (Å²) in [6.07, 6.45) is 0.0880. The first kappa shape index (κ1) is 18.2. The molecule has 0 N–H and O–H groups in total. The molecule has 2 aromatic rings. The minimum atomic E-state index is -0.531. The van der Waals surface area contributed by atoms with Crippen molar-refractivity contribution in [2.75, 3.05) is 18.1 Å². The molecule has 0 radical (unpaired) electrons. The van der Waals surface area contributed by atoms with Crippen LogP contribution in [-0.2, 0) is 4.79 Å². The van der Waals surface area contributed by atoms with E-state index in [4.69, 9.17) is 21.6 Å². The fourth-order valence-electron chi connectivity index (χ4n) is 2.02. The maximum absolute atomic E-state index is 14.0. The van der Waals surface area contributed by atoms with Crippen molar-refractivity contribution in [3.63, 3.8) is 0 Å². The Hall–Kier alpha value is -2.10. The average molecular weight is 412 g/mol. The first-order chi connectivity index (χ1) is 11.5. The van der Waals surface area contributed by atoms with Crippen molar-refractivity contribution < 1.29 is 13.9 Å². The van der Waals surface area contributed by atoms with Crippen LogP contribution >= 0.6 is 27.5 Å². The monoisotopic (exact) mass is 410 g/mol. The molecule has 0 unspecified atom stereocenters. The minimum absolute atomic E-state index is 0.0847. The van der Waals surface area contributed by atoms with Crippen LogP contribution in [0, 0.1) is 17.1 Å². The van der Waals surface area contributed by atoms with Gasteiger partial charge in [-0.05, 0) is 46.3 Å². The van der Waals surface area contributed by atoms with E-state index in [9.17, 15) is 9.18 Å². The lowest BCUT2D eigenvalue weighted by molar-refractivity contribution is -0.120. The summed E-state index contributed by atoms with van der Waals surface area (Å²) >= 11 is 9.15. The molecular formula is C17H13BrClFN2O2. The number of nitriles is 1. The molecule has 4 nitrogen and oxygen atoms in total. The summed E-state index contributed by atoms with van der Waals surface area (Å²) in [7, 11) is 0. The van der Waals surface area contributed by atoms with Gasteiger partial charge in [0.1, 0.15) is 11.6 Å². The summed E-state index contributed by atoms with van der Waals surface area (Å²) in [6.45, 7) is -0.207. The number of hydrogen-bond donors (Lipinski definition) is 0. The van der Waals surface area contributed by atoms with Crippen molar-refractivity contribution in [3.05, 3.63) is 57.8 Å². The molecule has 2 aromatic carbocycles. The zero-order chi connectivity index (χ0) is 17.5. The molecule has 0 aromatic heterocycles. The fourth-order valence-corrected chi connectivity index (χ4v) is 2.82. The molecule has 0 atom stereocenters. The highest BCUT2D eigenvalue weighted by Gasteiger charge is 2.19. The van der Waals surface area contributed by atoms with E-state index in [0.29, 0.717) is 15.2 Å². The van der Waals surface area contributed by atoms with Crippen LogP contribution in [0.25, 0.3) is 0 Å². The van der Waals surface area contributed by atoms with Crippen LogP contribution in [0.4, 0.5) is 10.1 Å². The lowest BCUT2D eigenvalue weighted by Gasteiger charge is -2.22. The van der Waals surface area contributed by atoms with Gasteiger partial charge in [0.2, 0.25) is 0 Å². The molecule has 0 aliphatic carbocycles. The Kier molecular flexibility index (Phi) is 6.59. The normalized spacial score (nSPS) is 10.1. The quantitative estimate of drug-likeness (QED) is 0.700. The topological polar surface area (TPSA) is 53.3 Å². The number of anilines is 1. The van der Waals surface area contributed by atoms with E-state index < -0.39 is 11.7 Å². The van der Waals surface area contributed by atoms with Crippen LogP contribution in [0.2, 0.25) is 5.02 Å². The van der Waals surface area contributed by atoms with Crippen LogP contribution in [0.1, 0.15) is 6.42 Å². The van der Waals surface area contributed by atoms with Crippen molar-refractivity contribution >= 4 is 39.1 Å². The molecule has 0 spiro atoms. The molecule has 0 saturated heterocycles. The van der Waals surface area contributed by atoms with E-state index in [1.807, 2.05) is 6.07 Å². The zero-order valence-electron chi connectivity index (χ0n) is 12.5. The molecule has 7 heteroatoms. The van der Waals surface area contributed by atoms with Crippen molar-refractivity contribution in [2.45, 2.75) is 6.42 Å². The lowest BCUT2D eigenvalue weighted by atomic mass is 10.2. The smallest absolute Gasteiger partial charge is 0.265 e. The van der Waals surface area contributed by atoms with Gasteiger partial charge in [-0.15, -0.1) is 0 Å². The van der Waals surface area contributed by atoms with Crippen LogP contribution < -0.4 is 9.64 Å². The van der Waals surface area contributed by atoms with Crippen LogP contribution in [0.15, 0.2) is 46.9 Å². The number of rotatable bonds is 6. The molecule has 124 valence electrons. The van der Waals surface area contributed by atoms with Crippen LogP contribution in [-0.4, -0.2) is 19.1 Å². The Morgan fingerprint density at radius 3 is 2.75 bits per heavy atom. The number of nitrogens with zero attached hydrogens (tertiary/aromatic N) is 2. The second-order valence-electron chi connectivity index (χ2n) is 4.77. The third-order valence-electron chi connectivity index (χ3n) is 3.14. The second kappa shape index (κ2) is 8.67. The third kappa shape index (κ3) is 4.70. The molecule has 0 bridgehead atoms. The number of para-hydroxylation sites is 1. The van der Waals surface area contributed by atoms with Crippen molar-refractivity contribution in [3.8, 4) is 11.8 Å². The molecule has 24 heavy (non-hydrogen) atoms. The first-order valence-corrected chi connectivity index (χ1v) is 8.19. The summed E-state index contributed by atoms with van der Waals surface area (Å²) in [6, 6.07) is 12.8. The lowest BCUT2D eigenvalue weighted by Crippen LogP contribution is -2.36. The summed E-state index contributed by atoms with van der Waals surface area (Å²) in [5.74, 6) is -0.532. The Balaban J connectivity index is 2.13. The summed E-state index contributed by atoms with van der Waals surface area (Å²) in [5.41, 5.74) is 0.122. The second-order valence-corrected chi connectivity index (χ2v) is 6.06. The van der Waals surface area contributed by atoms with E-state index in [-0.39, 0.29) is 25.3 Å². The molecule has 0 heterocycles. The number of amides is 1. The number of ether oxygens (including phenoxy) is 1. The number of halogens is 3. The highest BCUT2D eigenvalue weighted by Crippen LogP contribution is 2.28. The summed E-state index contributed by atoms with van der Waals surface area (Å²) < 4.78 is 20.0. The van der Waals surface area contributed by atoms with Gasteiger partial charge >= 0.3 is 0 Å². The SMILES string of the molecule is N#CCCN(C(=O)COc1ccc(Cl)cc1Br)c1ccccc1F. The first-order valence-electron chi connectivity index (χ1n) is 7.02. The summed E-state index contributed by atoms with van der Waals surface area (Å²) in [5, 5.41) is 9.28. The molecular weight excluding hydrogens is 399 g/mol. The van der Waals surface area contributed by atoms with E-state index in [2.05, 4.69) is 15.9 Å². The van der Waals surface area contributed by atoms with Gasteiger partial charge in [-0.25, -0.2) is 4.39 Å². The van der Waals surface area contributed by atoms with E-state index in [0.717, 1.165) is 0 Å². The van der Waals surface area contributed by atoms with Gasteiger partial charge < -0.3 is 9.64 Å². The van der Waals surface area contributed by atoms with Crippen molar-refractivity contribution in [1.82, 2.24) is 0 Å². The fraction of sp³-hybridized carbons (Fsp3) is 0.176. The van der Waals surface area contributed by atoms with E-state index >= 15 is 0 Å². The Morgan fingerprint density at radius 2 is 2.08 bits per heavy atom. The number of carbonyl (C=O) groups is 1. The highest BCUT2D eigenvalue weighted by molar-refractivity contribution is 9.10. The molecule has 0 fully saturated rings. The van der Waals surface area contributed by atoms with Gasteiger partial charge in [0, 0.05) is 11.6 Å². The Bertz CT molecular complexity index is 779. The largest absolute Gasteiger partial charge is 0.483 e. The van der Waals surface area contributed by atoms with Crippen LogP contribution in [0.3, 0.4) is 0 Å². The maximum Gasteiger partial charge on any atom is 0.265 e. The van der Waals surface area contributed by atoms with Gasteiger partial charge in [-0.2, -0.15) is 5.26 Å². The van der Waals surface area contributed by atoms with E-state index in [1.54, 1.807) is 24.3 Å². The number of benzene rings is 2. The van der Waals surface area contributed by atoms with Crippen LogP contribution in [0.5, 0.6) is 5.75 Å². The van der Waals surface area contributed by atoms with Gasteiger partial charge in [-0.3, -0.25) is 4.79 Å². The summed E-state index contributed by atoms with van der Waals surface area (Å²) in [4.78, 5) is 13.6. The molecule has 1 amide bonds. The van der Waals surface area contributed by atoms with Crippen molar-refractivity contribution in [2.24, 2.45) is 0 Å². The Labute approximate surface area is 152 Å². The highest BCUT2D eigenvalue weighted by atomic mass is 79.9. The molecule has 0 aliphatic heterocycles. The number of hydrogen-bond acceptors (Lipinski definition) is 3. The van der Waals surface area contributed by atoms with Gasteiger partial charge in [-0.1, -0.05) is 23.7 Å². The van der Waals surface area contributed by atoms with Gasteiger partial charge in [0.15, 0.2) is 6.61 Å². The molecule has 0 saturated carbocycles. The predicted molar refractivity (Wildman–Crippen MR) is 93.6 cm³/mol. The standard InChI is InChI=1S/C17H13BrClFN2O2/c18-13-10-12(19)6-7-16(13)24-11-17(23)22(9-3-8-21)15-5-2-1-4-14(15)20/h1-2,4-7,10H,3,9,11H2. The van der Waals surface area contributed by atoms with Gasteiger partial charge in [0.05, 0.1) is 22.7 Å². The molecule has 2 rings (SSSR count). The van der Waals surface area contributed by atoms with E-state index in [1.165, 1.54) is 23.1 Å². The zero-order valence-corrected chi connectivity index (χ0v) is 14.8. The predicted octanol–water partition coefficient (Wildman–Crippen LogP) is 4.57. The average Bonchev–Trinajstić information content (AvgIpc) is 2.56. The maximum atomic E-state index is 14.0. The number of carbonyl (C=O) groups excluding carboxylic acids is 1. The van der Waals surface area contributed by atoms with Crippen molar-refractivity contribution in [1.29, 1.82) is 5.26 Å².